The molecule has 0 aliphatic carbocycles. The van der Waals surface area contributed by atoms with Crippen LogP contribution in [0.25, 0.3) is 0 Å². The molecule has 1 aromatic rings. The molecule has 1 rings (SSSR count). The Hall–Kier alpha value is -1.43. The Morgan fingerprint density at radius 3 is 2.92 bits per heavy atom. The van der Waals surface area contributed by atoms with Gasteiger partial charge in [0.2, 0.25) is 0 Å². The van der Waals surface area contributed by atoms with Crippen molar-refractivity contribution in [2.24, 2.45) is 7.05 Å². The molecule has 0 saturated heterocycles. The largest absolute Gasteiger partial charge is 0.467 e. The van der Waals surface area contributed by atoms with Gasteiger partial charge in [-0.05, 0) is 0 Å². The molecule has 0 aromatic carbocycles. The van der Waals surface area contributed by atoms with Crippen molar-refractivity contribution in [3.05, 3.63) is 11.9 Å². The SMILES string of the molecule is COC(=O)C(O)c1cn(C)nn1. The number of carbonyl (C=O) groups is 1. The maximum absolute atomic E-state index is 10.8. The summed E-state index contributed by atoms with van der Waals surface area (Å²) in [6, 6.07) is 0. The van der Waals surface area contributed by atoms with Crippen LogP contribution in [0.15, 0.2) is 6.20 Å². The second-order valence-electron chi connectivity index (χ2n) is 2.24. The van der Waals surface area contributed by atoms with Crippen LogP contribution in [-0.4, -0.2) is 33.2 Å². The van der Waals surface area contributed by atoms with Crippen molar-refractivity contribution in [1.82, 2.24) is 15.0 Å². The third-order valence-electron chi connectivity index (χ3n) is 1.32. The highest BCUT2D eigenvalue weighted by Gasteiger charge is 2.20. The fourth-order valence-electron chi connectivity index (χ4n) is 0.723. The van der Waals surface area contributed by atoms with Gasteiger partial charge in [0.15, 0.2) is 6.10 Å². The van der Waals surface area contributed by atoms with Crippen LogP contribution in [0.3, 0.4) is 0 Å². The molecule has 0 spiro atoms. The Kier molecular flexibility index (Phi) is 2.39. The lowest BCUT2D eigenvalue weighted by Crippen LogP contribution is -2.13. The molecule has 1 N–H and O–H groups in total. The molecule has 1 unspecified atom stereocenters. The number of carbonyl (C=O) groups excluding carboxylic acids is 1. The molecule has 0 fully saturated rings. The van der Waals surface area contributed by atoms with Crippen molar-refractivity contribution in [3.8, 4) is 0 Å². The van der Waals surface area contributed by atoms with E-state index in [1.807, 2.05) is 0 Å². The van der Waals surface area contributed by atoms with Crippen molar-refractivity contribution in [3.63, 3.8) is 0 Å². The zero-order chi connectivity index (χ0) is 9.14. The zero-order valence-electron chi connectivity index (χ0n) is 6.76. The van der Waals surface area contributed by atoms with Crippen LogP contribution in [0, 0.1) is 0 Å². The minimum absolute atomic E-state index is 0.185. The number of aryl methyl sites for hydroxylation is 1. The van der Waals surface area contributed by atoms with Crippen molar-refractivity contribution >= 4 is 5.97 Å². The third-order valence-corrected chi connectivity index (χ3v) is 1.32. The summed E-state index contributed by atoms with van der Waals surface area (Å²) in [6.45, 7) is 0. The number of esters is 1. The maximum Gasteiger partial charge on any atom is 0.341 e. The summed E-state index contributed by atoms with van der Waals surface area (Å²) in [5.41, 5.74) is 0.185. The summed E-state index contributed by atoms with van der Waals surface area (Å²) in [6.07, 6.45) is 0.102. The van der Waals surface area contributed by atoms with Crippen molar-refractivity contribution < 1.29 is 14.6 Å². The van der Waals surface area contributed by atoms with Gasteiger partial charge in [-0.25, -0.2) is 4.79 Å². The van der Waals surface area contributed by atoms with Crippen LogP contribution in [0.2, 0.25) is 0 Å². The Balaban J connectivity index is 2.77. The topological polar surface area (TPSA) is 77.2 Å². The van der Waals surface area contributed by atoms with Crippen molar-refractivity contribution in [2.45, 2.75) is 6.10 Å². The van der Waals surface area contributed by atoms with E-state index in [1.165, 1.54) is 18.0 Å². The van der Waals surface area contributed by atoms with Crippen LogP contribution in [-0.2, 0) is 16.6 Å². The number of aliphatic hydroxyl groups excluding tert-OH is 1. The first-order chi connectivity index (χ1) is 5.65. The van der Waals surface area contributed by atoms with Crippen LogP contribution in [0.4, 0.5) is 0 Å². The summed E-state index contributed by atoms with van der Waals surface area (Å²) in [7, 11) is 2.84. The normalized spacial score (nSPS) is 12.6. The molecule has 66 valence electrons. The summed E-state index contributed by atoms with van der Waals surface area (Å²) in [4.78, 5) is 10.8. The smallest absolute Gasteiger partial charge is 0.341 e. The Morgan fingerprint density at radius 2 is 2.50 bits per heavy atom. The Morgan fingerprint density at radius 1 is 1.83 bits per heavy atom. The summed E-state index contributed by atoms with van der Waals surface area (Å²) >= 11 is 0. The third kappa shape index (κ3) is 1.59. The van der Waals surface area contributed by atoms with Gasteiger partial charge in [-0.3, -0.25) is 4.68 Å². The van der Waals surface area contributed by atoms with E-state index in [2.05, 4.69) is 15.0 Å². The highest BCUT2D eigenvalue weighted by molar-refractivity contribution is 5.75. The van der Waals surface area contributed by atoms with E-state index < -0.39 is 12.1 Å². The number of aliphatic hydroxyl groups is 1. The molecule has 6 nitrogen and oxygen atoms in total. The lowest BCUT2D eigenvalue weighted by Gasteiger charge is -2.02. The van der Waals surface area contributed by atoms with Crippen molar-refractivity contribution in [2.75, 3.05) is 7.11 Å². The molecule has 6 heteroatoms. The second-order valence-corrected chi connectivity index (χ2v) is 2.24. The molecule has 1 aromatic heterocycles. The molecule has 0 radical (unpaired) electrons. The molecule has 1 atom stereocenters. The van der Waals surface area contributed by atoms with Crippen LogP contribution < -0.4 is 0 Å². The first kappa shape index (κ1) is 8.66. The standard InChI is InChI=1S/C6H9N3O3/c1-9-3-4(7-8-9)5(10)6(11)12-2/h3,5,10H,1-2H3. The number of hydrogen-bond acceptors (Lipinski definition) is 5. The molecule has 0 amide bonds. The van der Waals surface area contributed by atoms with E-state index in [4.69, 9.17) is 0 Å². The lowest BCUT2D eigenvalue weighted by atomic mass is 10.3. The number of hydrogen-bond donors (Lipinski definition) is 1. The fraction of sp³-hybridized carbons (Fsp3) is 0.500. The molecular weight excluding hydrogens is 162 g/mol. The molecule has 0 saturated carbocycles. The number of nitrogens with zero attached hydrogens (tertiary/aromatic N) is 3. The number of ether oxygens (including phenoxy) is 1. The molecule has 0 aliphatic rings. The number of methoxy groups -OCH3 is 1. The average Bonchev–Trinajstić information content (AvgIpc) is 2.49. The Labute approximate surface area is 68.8 Å². The number of rotatable bonds is 2. The predicted octanol–water partition coefficient (Wildman–Crippen LogP) is -0.979. The van der Waals surface area contributed by atoms with E-state index in [-0.39, 0.29) is 5.69 Å². The zero-order valence-corrected chi connectivity index (χ0v) is 6.76. The van der Waals surface area contributed by atoms with Gasteiger partial charge in [0, 0.05) is 7.05 Å². The minimum Gasteiger partial charge on any atom is -0.467 e. The van der Waals surface area contributed by atoms with Gasteiger partial charge in [0.25, 0.3) is 0 Å². The summed E-state index contributed by atoms with van der Waals surface area (Å²) in [5, 5.41) is 16.3. The fourth-order valence-corrected chi connectivity index (χ4v) is 0.723. The average molecular weight is 171 g/mol. The number of aromatic nitrogens is 3. The molecule has 12 heavy (non-hydrogen) atoms. The van der Waals surface area contributed by atoms with Crippen LogP contribution >= 0.6 is 0 Å². The van der Waals surface area contributed by atoms with E-state index in [0.717, 1.165) is 0 Å². The Bertz CT molecular complexity index is 283. The minimum atomic E-state index is -1.34. The van der Waals surface area contributed by atoms with Gasteiger partial charge >= 0.3 is 5.97 Å². The maximum atomic E-state index is 10.8. The first-order valence-electron chi connectivity index (χ1n) is 3.27. The van der Waals surface area contributed by atoms with Gasteiger partial charge in [0.1, 0.15) is 5.69 Å². The van der Waals surface area contributed by atoms with Gasteiger partial charge in [-0.2, -0.15) is 0 Å². The van der Waals surface area contributed by atoms with E-state index >= 15 is 0 Å². The van der Waals surface area contributed by atoms with Gasteiger partial charge in [0.05, 0.1) is 13.3 Å². The van der Waals surface area contributed by atoms with Crippen LogP contribution in [0.5, 0.6) is 0 Å². The lowest BCUT2D eigenvalue weighted by molar-refractivity contribution is -0.150. The predicted molar refractivity (Wildman–Crippen MR) is 38.0 cm³/mol. The van der Waals surface area contributed by atoms with E-state index in [0.29, 0.717) is 0 Å². The quantitative estimate of drug-likeness (QED) is 0.579. The van der Waals surface area contributed by atoms with Crippen LogP contribution in [0.1, 0.15) is 11.8 Å². The molecular formula is C6H9N3O3. The first-order valence-corrected chi connectivity index (χ1v) is 3.27. The molecule has 1 heterocycles. The van der Waals surface area contributed by atoms with E-state index in [1.54, 1.807) is 7.05 Å². The summed E-state index contributed by atoms with van der Waals surface area (Å²) < 4.78 is 5.70. The molecule has 0 aliphatic heterocycles. The van der Waals surface area contributed by atoms with Gasteiger partial charge in [-0.15, -0.1) is 5.10 Å². The highest BCUT2D eigenvalue weighted by atomic mass is 16.5. The molecule has 0 bridgehead atoms. The second kappa shape index (κ2) is 3.31. The monoisotopic (exact) mass is 171 g/mol. The van der Waals surface area contributed by atoms with Crippen molar-refractivity contribution in [1.29, 1.82) is 0 Å². The summed E-state index contributed by atoms with van der Waals surface area (Å²) in [5.74, 6) is -0.740. The van der Waals surface area contributed by atoms with E-state index in [9.17, 15) is 9.90 Å². The highest BCUT2D eigenvalue weighted by Crippen LogP contribution is 2.08. The van der Waals surface area contributed by atoms with Gasteiger partial charge < -0.3 is 9.84 Å². The van der Waals surface area contributed by atoms with Gasteiger partial charge in [-0.1, -0.05) is 5.21 Å².